The van der Waals surface area contributed by atoms with Crippen molar-refractivity contribution in [2.45, 2.75) is 31.2 Å². The van der Waals surface area contributed by atoms with Gasteiger partial charge in [0.2, 0.25) is 0 Å². The molecule has 0 saturated carbocycles. The van der Waals surface area contributed by atoms with Gasteiger partial charge in [-0.15, -0.1) is 0 Å². The summed E-state index contributed by atoms with van der Waals surface area (Å²) in [4.78, 5) is 8.73. The Bertz CT molecular complexity index is 925. The highest BCUT2D eigenvalue weighted by molar-refractivity contribution is 8.01. The van der Waals surface area contributed by atoms with Crippen molar-refractivity contribution < 1.29 is 13.2 Å². The van der Waals surface area contributed by atoms with Gasteiger partial charge < -0.3 is 0 Å². The number of rotatable bonds is 3. The molecular formula is C18H15Cl2F3N2S. The fourth-order valence-electron chi connectivity index (χ4n) is 2.97. The van der Waals surface area contributed by atoms with Crippen molar-refractivity contribution in [2.75, 3.05) is 5.75 Å². The molecule has 0 amide bonds. The normalized spacial score (nSPS) is 20.9. The third-order valence-corrected chi connectivity index (χ3v) is 6.03. The molecule has 0 saturated heterocycles. The molecule has 3 rings (SSSR count). The van der Waals surface area contributed by atoms with Crippen LogP contribution in [0.2, 0.25) is 5.15 Å². The maximum atomic E-state index is 13.0. The summed E-state index contributed by atoms with van der Waals surface area (Å²) in [6.45, 7) is 4.06. The molecule has 2 nitrogen and oxygen atoms in total. The van der Waals surface area contributed by atoms with Crippen molar-refractivity contribution in [2.24, 2.45) is 0 Å². The monoisotopic (exact) mass is 418 g/mol. The molecule has 0 bridgehead atoms. The third-order valence-electron chi connectivity index (χ3n) is 4.19. The van der Waals surface area contributed by atoms with E-state index in [1.165, 1.54) is 6.07 Å². The zero-order chi connectivity index (χ0) is 19.1. The molecule has 1 aromatic heterocycles. The summed E-state index contributed by atoms with van der Waals surface area (Å²) < 4.78 is 38.7. The molecule has 138 valence electrons. The predicted octanol–water partition coefficient (Wildman–Crippen LogP) is 6.72. The third kappa shape index (κ3) is 3.73. The molecule has 1 atom stereocenters. The van der Waals surface area contributed by atoms with Gasteiger partial charge in [0, 0.05) is 27.2 Å². The van der Waals surface area contributed by atoms with Gasteiger partial charge in [0.25, 0.3) is 0 Å². The van der Waals surface area contributed by atoms with Gasteiger partial charge in [-0.25, -0.2) is 9.97 Å². The number of alkyl halides is 3. The first kappa shape index (κ1) is 19.5. The Morgan fingerprint density at radius 1 is 1.19 bits per heavy atom. The Balaban J connectivity index is 2.18. The number of hydrogen-bond donors (Lipinski definition) is 0. The van der Waals surface area contributed by atoms with Crippen LogP contribution in [0.25, 0.3) is 16.5 Å². The van der Waals surface area contributed by atoms with E-state index < -0.39 is 11.7 Å². The smallest absolute Gasteiger partial charge is 0.228 e. The van der Waals surface area contributed by atoms with E-state index in [2.05, 4.69) is 9.97 Å². The number of halogens is 5. The SMILES string of the molecule is CCSC1(C)CC(Cl)=CC=C1c1nc(Cl)c2ccc(C(F)(F)F)cc2n1. The molecule has 0 fully saturated rings. The van der Waals surface area contributed by atoms with E-state index in [0.717, 1.165) is 23.5 Å². The van der Waals surface area contributed by atoms with Crippen molar-refractivity contribution in [3.05, 3.63) is 51.9 Å². The van der Waals surface area contributed by atoms with Crippen LogP contribution in [-0.4, -0.2) is 20.5 Å². The maximum Gasteiger partial charge on any atom is 0.416 e. The number of thioether (sulfide) groups is 1. The average Bonchev–Trinajstić information content (AvgIpc) is 2.53. The van der Waals surface area contributed by atoms with E-state index in [9.17, 15) is 13.2 Å². The second kappa shape index (κ2) is 7.06. The Labute approximate surface area is 163 Å². The number of fused-ring (bicyclic) bond motifs is 1. The standard InChI is InChI=1S/C18H15Cl2F3N2S/c1-3-26-17(2)9-11(19)5-7-13(17)16-24-14-8-10(18(21,22)23)4-6-12(14)15(20)25-16/h4-8H,3,9H2,1-2H3. The molecule has 0 radical (unpaired) electrons. The van der Waals surface area contributed by atoms with Gasteiger partial charge in [-0.1, -0.05) is 36.2 Å². The Morgan fingerprint density at radius 2 is 1.92 bits per heavy atom. The van der Waals surface area contributed by atoms with Crippen LogP contribution in [0.1, 0.15) is 31.7 Å². The van der Waals surface area contributed by atoms with Crippen molar-refractivity contribution >= 4 is 51.4 Å². The molecule has 0 N–H and O–H groups in total. The van der Waals surface area contributed by atoms with Crippen LogP contribution >= 0.6 is 35.0 Å². The molecule has 8 heteroatoms. The van der Waals surface area contributed by atoms with Crippen LogP contribution in [0.4, 0.5) is 13.2 Å². The Kier molecular flexibility index (Phi) is 5.30. The first-order valence-electron chi connectivity index (χ1n) is 7.90. The summed E-state index contributed by atoms with van der Waals surface area (Å²) in [5.74, 6) is 1.17. The Morgan fingerprint density at radius 3 is 2.58 bits per heavy atom. The van der Waals surface area contributed by atoms with Crippen molar-refractivity contribution in [1.29, 1.82) is 0 Å². The summed E-state index contributed by atoms with van der Waals surface area (Å²) in [5.41, 5.74) is 0.201. The molecule has 1 aromatic carbocycles. The van der Waals surface area contributed by atoms with E-state index in [1.807, 2.05) is 19.9 Å². The van der Waals surface area contributed by atoms with Crippen molar-refractivity contribution in [3.63, 3.8) is 0 Å². The highest BCUT2D eigenvalue weighted by Crippen LogP contribution is 2.46. The first-order chi connectivity index (χ1) is 12.1. The van der Waals surface area contributed by atoms with Crippen LogP contribution in [0.3, 0.4) is 0 Å². The Hall–Kier alpha value is -1.24. The maximum absolute atomic E-state index is 13.0. The second-order valence-electron chi connectivity index (χ2n) is 6.10. The van der Waals surface area contributed by atoms with E-state index in [0.29, 0.717) is 22.7 Å². The molecule has 1 unspecified atom stereocenters. The lowest BCUT2D eigenvalue weighted by Gasteiger charge is -2.33. The number of nitrogens with zero attached hydrogens (tertiary/aromatic N) is 2. The predicted molar refractivity (Wildman–Crippen MR) is 103 cm³/mol. The fraction of sp³-hybridized carbons (Fsp3) is 0.333. The minimum absolute atomic E-state index is 0.129. The lowest BCUT2D eigenvalue weighted by Crippen LogP contribution is -2.26. The highest BCUT2D eigenvalue weighted by atomic mass is 35.5. The highest BCUT2D eigenvalue weighted by Gasteiger charge is 2.35. The van der Waals surface area contributed by atoms with Crippen LogP contribution in [0, 0.1) is 0 Å². The zero-order valence-electron chi connectivity index (χ0n) is 14.0. The largest absolute Gasteiger partial charge is 0.416 e. The molecule has 26 heavy (non-hydrogen) atoms. The van der Waals surface area contributed by atoms with E-state index in [-0.39, 0.29) is 15.4 Å². The number of allylic oxidation sites excluding steroid dienone is 3. The number of hydrogen-bond acceptors (Lipinski definition) is 3. The molecule has 1 aliphatic carbocycles. The number of benzene rings is 1. The average molecular weight is 419 g/mol. The molecule has 1 aliphatic rings. The van der Waals surface area contributed by atoms with Crippen LogP contribution < -0.4 is 0 Å². The molecule has 1 heterocycles. The molecule has 0 spiro atoms. The summed E-state index contributed by atoms with van der Waals surface area (Å²) in [6, 6.07) is 3.29. The van der Waals surface area contributed by atoms with Crippen molar-refractivity contribution in [3.8, 4) is 0 Å². The molecule has 0 aliphatic heterocycles. The van der Waals surface area contributed by atoms with E-state index >= 15 is 0 Å². The van der Waals surface area contributed by atoms with Crippen LogP contribution in [-0.2, 0) is 6.18 Å². The van der Waals surface area contributed by atoms with Crippen LogP contribution in [0.5, 0.6) is 0 Å². The van der Waals surface area contributed by atoms with Gasteiger partial charge in [0.1, 0.15) is 5.15 Å². The van der Waals surface area contributed by atoms with Gasteiger partial charge in [-0.05, 0) is 37.0 Å². The summed E-state index contributed by atoms with van der Waals surface area (Å²) >= 11 is 14.1. The minimum Gasteiger partial charge on any atom is -0.228 e. The summed E-state index contributed by atoms with van der Waals surface area (Å²) in [6.07, 6.45) is -0.263. The van der Waals surface area contributed by atoms with Gasteiger partial charge in [-0.2, -0.15) is 24.9 Å². The second-order valence-corrected chi connectivity index (χ2v) is 8.71. The van der Waals surface area contributed by atoms with Crippen molar-refractivity contribution in [1.82, 2.24) is 9.97 Å². The fourth-order valence-corrected chi connectivity index (χ4v) is 4.83. The van der Waals surface area contributed by atoms with E-state index in [1.54, 1.807) is 17.8 Å². The lowest BCUT2D eigenvalue weighted by molar-refractivity contribution is -0.137. The van der Waals surface area contributed by atoms with Gasteiger partial charge in [0.05, 0.1) is 11.1 Å². The molecule has 2 aromatic rings. The molecular weight excluding hydrogens is 404 g/mol. The quantitative estimate of drug-likeness (QED) is 0.517. The first-order valence-corrected chi connectivity index (χ1v) is 9.64. The van der Waals surface area contributed by atoms with Crippen LogP contribution in [0.15, 0.2) is 35.4 Å². The minimum atomic E-state index is -4.45. The summed E-state index contributed by atoms with van der Waals surface area (Å²) in [7, 11) is 0. The van der Waals surface area contributed by atoms with Gasteiger partial charge in [-0.3, -0.25) is 0 Å². The topological polar surface area (TPSA) is 25.8 Å². The van der Waals surface area contributed by atoms with Gasteiger partial charge in [0.15, 0.2) is 5.82 Å². The lowest BCUT2D eigenvalue weighted by atomic mass is 9.91. The van der Waals surface area contributed by atoms with E-state index in [4.69, 9.17) is 23.2 Å². The number of aromatic nitrogens is 2. The van der Waals surface area contributed by atoms with Gasteiger partial charge >= 0.3 is 6.18 Å². The zero-order valence-corrected chi connectivity index (χ0v) is 16.3. The summed E-state index contributed by atoms with van der Waals surface area (Å²) in [5, 5.41) is 1.23.